The molecular formula is C25H31N3O3S. The van der Waals surface area contributed by atoms with Crippen LogP contribution in [0, 0.1) is 5.92 Å². The third kappa shape index (κ3) is 4.09. The number of aromatic nitrogens is 2. The van der Waals surface area contributed by atoms with E-state index in [1.54, 1.807) is 10.9 Å². The molecule has 0 aliphatic carbocycles. The zero-order chi connectivity index (χ0) is 22.4. The van der Waals surface area contributed by atoms with Crippen molar-refractivity contribution in [1.82, 2.24) is 14.5 Å². The molecule has 2 fully saturated rings. The van der Waals surface area contributed by atoms with Crippen LogP contribution in [0.15, 0.2) is 41.5 Å². The third-order valence-electron chi connectivity index (χ3n) is 7.14. The molecule has 0 saturated carbocycles. The Labute approximate surface area is 192 Å². The van der Waals surface area contributed by atoms with Gasteiger partial charge in [-0.15, -0.1) is 11.3 Å². The molecule has 2 aliphatic heterocycles. The van der Waals surface area contributed by atoms with Crippen LogP contribution in [0.4, 0.5) is 0 Å². The maximum atomic E-state index is 13.1. The highest BCUT2D eigenvalue weighted by Crippen LogP contribution is 2.36. The molecule has 4 atom stereocenters. The lowest BCUT2D eigenvalue weighted by Crippen LogP contribution is -2.43. The summed E-state index contributed by atoms with van der Waals surface area (Å²) in [4.78, 5) is 21.1. The van der Waals surface area contributed by atoms with Crippen LogP contribution < -0.4 is 10.3 Å². The quantitative estimate of drug-likeness (QED) is 0.611. The fourth-order valence-electron chi connectivity index (χ4n) is 5.02. The minimum absolute atomic E-state index is 0.0779. The number of aliphatic hydroxyl groups is 1. The summed E-state index contributed by atoms with van der Waals surface area (Å²) in [6.07, 6.45) is 6.70. The van der Waals surface area contributed by atoms with Crippen molar-refractivity contribution in [2.75, 3.05) is 7.05 Å². The van der Waals surface area contributed by atoms with Crippen molar-refractivity contribution in [3.05, 3.63) is 51.9 Å². The highest BCUT2D eigenvalue weighted by molar-refractivity contribution is 7.18. The largest absolute Gasteiger partial charge is 0.490 e. The molecule has 2 aromatic heterocycles. The molecule has 1 unspecified atom stereocenters. The van der Waals surface area contributed by atoms with Crippen molar-refractivity contribution < 1.29 is 9.84 Å². The lowest BCUT2D eigenvalue weighted by Gasteiger charge is -2.36. The number of ether oxygens (including phenoxy) is 1. The zero-order valence-corrected chi connectivity index (χ0v) is 19.7. The van der Waals surface area contributed by atoms with Crippen LogP contribution in [0.25, 0.3) is 15.9 Å². The van der Waals surface area contributed by atoms with Crippen LogP contribution in [-0.4, -0.2) is 50.9 Å². The number of fused-ring (bicyclic) bond motifs is 3. The molecule has 2 saturated heterocycles. The maximum Gasteiger partial charge on any atom is 0.275 e. The Morgan fingerprint density at radius 2 is 1.88 bits per heavy atom. The molecular weight excluding hydrogens is 422 g/mol. The number of rotatable bonds is 6. The number of hydrogen-bond acceptors (Lipinski definition) is 6. The molecule has 6 nitrogen and oxygen atoms in total. The Hall–Kier alpha value is -2.22. The van der Waals surface area contributed by atoms with Gasteiger partial charge in [-0.2, -0.15) is 0 Å². The summed E-state index contributed by atoms with van der Waals surface area (Å²) >= 11 is 1.43. The summed E-state index contributed by atoms with van der Waals surface area (Å²) in [5.41, 5.74) is 1.39. The van der Waals surface area contributed by atoms with Gasteiger partial charge in [-0.05, 0) is 69.0 Å². The van der Waals surface area contributed by atoms with E-state index >= 15 is 0 Å². The normalized spacial score (nSPS) is 24.3. The molecule has 1 aromatic carbocycles. The number of thiophene rings is 1. The fraction of sp³-hybridized carbons (Fsp3) is 0.520. The molecule has 170 valence electrons. The van der Waals surface area contributed by atoms with E-state index in [1.807, 2.05) is 44.2 Å². The average Bonchev–Trinajstić information content (AvgIpc) is 3.25. The fourth-order valence-corrected chi connectivity index (χ4v) is 6.11. The number of hydrogen-bond donors (Lipinski definition) is 1. The minimum atomic E-state index is -0.419. The molecule has 4 heterocycles. The first-order valence-corrected chi connectivity index (χ1v) is 12.4. The van der Waals surface area contributed by atoms with E-state index in [0.717, 1.165) is 29.2 Å². The van der Waals surface area contributed by atoms with Crippen LogP contribution in [0.1, 0.15) is 44.4 Å². The first-order chi connectivity index (χ1) is 15.4. The Morgan fingerprint density at radius 1 is 1.19 bits per heavy atom. The summed E-state index contributed by atoms with van der Waals surface area (Å²) in [6.45, 7) is 3.99. The van der Waals surface area contributed by atoms with E-state index in [4.69, 9.17) is 4.74 Å². The second kappa shape index (κ2) is 8.61. The molecule has 2 bridgehead atoms. The molecule has 1 N–H and O–H groups in total. The molecule has 2 aliphatic rings. The van der Waals surface area contributed by atoms with Crippen LogP contribution >= 0.6 is 11.3 Å². The maximum absolute atomic E-state index is 13.1. The lowest BCUT2D eigenvalue weighted by molar-refractivity contribution is 0.0662. The van der Waals surface area contributed by atoms with Crippen molar-refractivity contribution in [2.24, 2.45) is 5.92 Å². The molecule has 3 aromatic rings. The predicted octanol–water partition coefficient (Wildman–Crippen LogP) is 4.01. The van der Waals surface area contributed by atoms with E-state index in [9.17, 15) is 9.90 Å². The van der Waals surface area contributed by atoms with Gasteiger partial charge in [0.1, 0.15) is 22.9 Å². The summed E-state index contributed by atoms with van der Waals surface area (Å²) in [7, 11) is 2.24. The molecule has 0 spiro atoms. The standard InChI is InChI=1S/C25H31N3O3S/c1-15(2)23(29)13-21-12-22-24(32-21)25(30)28(14-26-22)16-6-8-19(9-7-16)31-20-10-17-4-5-18(11-20)27(17)3/h6-9,12,14-15,17-18,20,23,29H,4-5,10-11,13H2,1-3H3/t17-,18+,20+,23?. The Balaban J connectivity index is 1.33. The highest BCUT2D eigenvalue weighted by atomic mass is 32.1. The second-order valence-corrected chi connectivity index (χ2v) is 10.8. The average molecular weight is 454 g/mol. The number of benzene rings is 1. The lowest BCUT2D eigenvalue weighted by atomic mass is 10.0. The van der Waals surface area contributed by atoms with Crippen molar-refractivity contribution >= 4 is 21.6 Å². The predicted molar refractivity (Wildman–Crippen MR) is 128 cm³/mol. The van der Waals surface area contributed by atoms with Crippen LogP contribution in [-0.2, 0) is 6.42 Å². The topological polar surface area (TPSA) is 67.6 Å². The highest BCUT2D eigenvalue weighted by Gasteiger charge is 2.39. The molecule has 32 heavy (non-hydrogen) atoms. The minimum Gasteiger partial charge on any atom is -0.490 e. The molecule has 0 amide bonds. The van der Waals surface area contributed by atoms with E-state index < -0.39 is 6.10 Å². The van der Waals surface area contributed by atoms with Crippen molar-refractivity contribution in [2.45, 2.75) is 70.2 Å². The summed E-state index contributed by atoms with van der Waals surface area (Å²) < 4.78 is 8.49. The van der Waals surface area contributed by atoms with Gasteiger partial charge in [-0.3, -0.25) is 9.36 Å². The van der Waals surface area contributed by atoms with Gasteiger partial charge in [0, 0.05) is 23.4 Å². The number of nitrogens with zero attached hydrogens (tertiary/aromatic N) is 3. The monoisotopic (exact) mass is 453 g/mol. The van der Waals surface area contributed by atoms with E-state index in [0.29, 0.717) is 28.7 Å². The van der Waals surface area contributed by atoms with Crippen LogP contribution in [0.3, 0.4) is 0 Å². The van der Waals surface area contributed by atoms with Gasteiger partial charge in [-0.1, -0.05) is 13.8 Å². The third-order valence-corrected chi connectivity index (χ3v) is 8.28. The molecule has 5 rings (SSSR count). The Morgan fingerprint density at radius 3 is 2.53 bits per heavy atom. The Bertz CT molecular complexity index is 1140. The van der Waals surface area contributed by atoms with Gasteiger partial charge >= 0.3 is 0 Å². The van der Waals surface area contributed by atoms with Gasteiger partial charge in [0.25, 0.3) is 5.56 Å². The van der Waals surface area contributed by atoms with Crippen molar-refractivity contribution in [3.8, 4) is 11.4 Å². The van der Waals surface area contributed by atoms with Gasteiger partial charge in [-0.25, -0.2) is 4.98 Å². The summed E-state index contributed by atoms with van der Waals surface area (Å²) in [6, 6.07) is 11.0. The van der Waals surface area contributed by atoms with E-state index in [1.165, 1.54) is 24.2 Å². The first kappa shape index (κ1) is 21.6. The zero-order valence-electron chi connectivity index (χ0n) is 18.9. The van der Waals surface area contributed by atoms with Crippen molar-refractivity contribution in [3.63, 3.8) is 0 Å². The van der Waals surface area contributed by atoms with Crippen LogP contribution in [0.5, 0.6) is 5.75 Å². The molecule has 0 radical (unpaired) electrons. The van der Waals surface area contributed by atoms with Crippen molar-refractivity contribution in [1.29, 1.82) is 0 Å². The van der Waals surface area contributed by atoms with Gasteiger partial charge in [0.05, 0.1) is 17.3 Å². The van der Waals surface area contributed by atoms with E-state index in [2.05, 4.69) is 16.9 Å². The smallest absolute Gasteiger partial charge is 0.275 e. The summed E-state index contributed by atoms with van der Waals surface area (Å²) in [5, 5.41) is 10.2. The van der Waals surface area contributed by atoms with Gasteiger partial charge < -0.3 is 14.7 Å². The van der Waals surface area contributed by atoms with Gasteiger partial charge in [0.15, 0.2) is 0 Å². The first-order valence-electron chi connectivity index (χ1n) is 11.6. The van der Waals surface area contributed by atoms with E-state index in [-0.39, 0.29) is 17.6 Å². The molecule has 7 heteroatoms. The van der Waals surface area contributed by atoms with Crippen LogP contribution in [0.2, 0.25) is 0 Å². The Kier molecular flexibility index (Phi) is 5.82. The second-order valence-electron chi connectivity index (χ2n) is 9.62. The number of piperidine rings is 1. The number of aliphatic hydroxyl groups excluding tert-OH is 1. The summed E-state index contributed by atoms with van der Waals surface area (Å²) in [5.74, 6) is 1.03. The van der Waals surface area contributed by atoms with Gasteiger partial charge in [0.2, 0.25) is 0 Å². The SMILES string of the molecule is CC(C)C(O)Cc1cc2ncn(-c3ccc(O[C@H]4C[C@H]5CC[C@@H](C4)N5C)cc3)c(=O)c2s1.